The first-order valence-corrected chi connectivity index (χ1v) is 7.08. The number of nitrogens with zero attached hydrogens (tertiary/aromatic N) is 2. The molecule has 0 aliphatic heterocycles. The van der Waals surface area contributed by atoms with Gasteiger partial charge in [0, 0.05) is 25.5 Å². The number of amides is 1. The molecule has 1 amide bonds. The van der Waals surface area contributed by atoms with Crippen LogP contribution < -0.4 is 10.6 Å². The van der Waals surface area contributed by atoms with Crippen LogP contribution in [0.3, 0.4) is 0 Å². The van der Waals surface area contributed by atoms with Gasteiger partial charge >= 0.3 is 0 Å². The van der Waals surface area contributed by atoms with E-state index >= 15 is 0 Å². The first kappa shape index (κ1) is 15.0. The van der Waals surface area contributed by atoms with Gasteiger partial charge in [-0.3, -0.25) is 4.79 Å². The zero-order valence-electron chi connectivity index (χ0n) is 12.4. The van der Waals surface area contributed by atoms with Gasteiger partial charge in [0.2, 0.25) is 5.95 Å². The molecule has 1 heterocycles. The van der Waals surface area contributed by atoms with Crippen molar-refractivity contribution in [1.29, 1.82) is 0 Å². The molecule has 110 valence electrons. The summed E-state index contributed by atoms with van der Waals surface area (Å²) in [7, 11) is 0. The molecule has 5 nitrogen and oxygen atoms in total. The van der Waals surface area contributed by atoms with Crippen molar-refractivity contribution in [3.8, 4) is 0 Å². The third-order valence-electron chi connectivity index (χ3n) is 3.02. The average molecular weight is 284 g/mol. The van der Waals surface area contributed by atoms with Crippen LogP contribution in [0.2, 0.25) is 0 Å². The third kappa shape index (κ3) is 4.56. The van der Waals surface area contributed by atoms with E-state index in [2.05, 4.69) is 51.8 Å². The smallest absolute Gasteiger partial charge is 0.254 e. The monoisotopic (exact) mass is 284 g/mol. The number of benzene rings is 1. The normalized spacial score (nSPS) is 10.2. The number of hydrogen-bond donors (Lipinski definition) is 2. The topological polar surface area (TPSA) is 66.9 Å². The van der Waals surface area contributed by atoms with Gasteiger partial charge in [-0.2, -0.15) is 0 Å². The molecule has 21 heavy (non-hydrogen) atoms. The van der Waals surface area contributed by atoms with E-state index in [0.29, 0.717) is 24.6 Å². The van der Waals surface area contributed by atoms with Crippen molar-refractivity contribution < 1.29 is 4.79 Å². The summed E-state index contributed by atoms with van der Waals surface area (Å²) in [6, 6.07) is 8.27. The molecule has 2 rings (SSSR count). The number of rotatable bonds is 6. The Balaban J connectivity index is 1.90. The summed E-state index contributed by atoms with van der Waals surface area (Å²) in [5.74, 6) is 0.379. The van der Waals surface area contributed by atoms with Gasteiger partial charge in [-0.1, -0.05) is 36.8 Å². The highest BCUT2D eigenvalue weighted by Crippen LogP contribution is 2.06. The van der Waals surface area contributed by atoms with E-state index in [-0.39, 0.29) is 5.91 Å². The predicted octanol–water partition coefficient (Wildman–Crippen LogP) is 2.54. The average Bonchev–Trinajstić information content (AvgIpc) is 2.52. The molecule has 0 radical (unpaired) electrons. The highest BCUT2D eigenvalue weighted by Gasteiger charge is 2.05. The summed E-state index contributed by atoms with van der Waals surface area (Å²) in [5, 5.41) is 5.93. The lowest BCUT2D eigenvalue weighted by Gasteiger charge is -2.06. The van der Waals surface area contributed by atoms with Crippen LogP contribution in [0.15, 0.2) is 36.7 Å². The summed E-state index contributed by atoms with van der Waals surface area (Å²) in [4.78, 5) is 20.0. The number of carbonyl (C=O) groups excluding carboxylic acids is 1. The Kier molecular flexibility index (Phi) is 5.26. The Hall–Kier alpha value is -2.43. The molecule has 2 aromatic rings. The summed E-state index contributed by atoms with van der Waals surface area (Å²) >= 11 is 0. The van der Waals surface area contributed by atoms with Crippen molar-refractivity contribution in [2.45, 2.75) is 26.8 Å². The Labute approximate surface area is 124 Å². The fourth-order valence-electron chi connectivity index (χ4n) is 1.76. The molecule has 5 heteroatoms. The molecule has 0 spiro atoms. The number of carbonyl (C=O) groups is 1. The lowest BCUT2D eigenvalue weighted by atomic mass is 10.1. The third-order valence-corrected chi connectivity index (χ3v) is 3.02. The van der Waals surface area contributed by atoms with Crippen LogP contribution in [0.1, 0.15) is 34.8 Å². The first-order valence-electron chi connectivity index (χ1n) is 7.08. The van der Waals surface area contributed by atoms with Crippen LogP contribution in [0.5, 0.6) is 0 Å². The van der Waals surface area contributed by atoms with Gasteiger partial charge in [0.05, 0.1) is 5.56 Å². The molecule has 1 aromatic carbocycles. The SMILES string of the molecule is CCCNC(=O)c1cnc(NCc2ccc(C)cc2)nc1. The minimum Gasteiger partial charge on any atom is -0.352 e. The molecule has 0 saturated heterocycles. The van der Waals surface area contributed by atoms with Gasteiger partial charge < -0.3 is 10.6 Å². The molecule has 0 saturated carbocycles. The molecular formula is C16H20N4O. The summed E-state index contributed by atoms with van der Waals surface area (Å²) < 4.78 is 0. The number of nitrogens with one attached hydrogen (secondary N) is 2. The molecule has 0 fully saturated rings. The maximum Gasteiger partial charge on any atom is 0.254 e. The molecule has 0 atom stereocenters. The van der Waals surface area contributed by atoms with Gasteiger partial charge in [0.15, 0.2) is 0 Å². The van der Waals surface area contributed by atoms with Crippen molar-refractivity contribution >= 4 is 11.9 Å². The van der Waals surface area contributed by atoms with Gasteiger partial charge in [-0.15, -0.1) is 0 Å². The number of aromatic nitrogens is 2. The van der Waals surface area contributed by atoms with E-state index in [9.17, 15) is 4.79 Å². The maximum absolute atomic E-state index is 11.7. The minimum atomic E-state index is -0.137. The first-order chi connectivity index (χ1) is 10.2. The van der Waals surface area contributed by atoms with Crippen LogP contribution in [0, 0.1) is 6.92 Å². The van der Waals surface area contributed by atoms with Crippen molar-refractivity contribution in [2.75, 3.05) is 11.9 Å². The second-order valence-electron chi connectivity index (χ2n) is 4.89. The van der Waals surface area contributed by atoms with Gasteiger partial charge in [-0.25, -0.2) is 9.97 Å². The van der Waals surface area contributed by atoms with E-state index < -0.39 is 0 Å². The summed E-state index contributed by atoms with van der Waals surface area (Å²) in [5.41, 5.74) is 2.87. The fourth-order valence-corrected chi connectivity index (χ4v) is 1.76. The van der Waals surface area contributed by atoms with Crippen molar-refractivity contribution in [3.05, 3.63) is 53.3 Å². The van der Waals surface area contributed by atoms with Crippen LogP contribution in [-0.2, 0) is 6.54 Å². The second-order valence-corrected chi connectivity index (χ2v) is 4.89. The molecule has 0 aliphatic carbocycles. The zero-order valence-corrected chi connectivity index (χ0v) is 12.4. The minimum absolute atomic E-state index is 0.137. The number of hydrogen-bond acceptors (Lipinski definition) is 4. The van der Waals surface area contributed by atoms with E-state index in [1.807, 2.05) is 6.92 Å². The standard InChI is InChI=1S/C16H20N4O/c1-3-8-17-15(21)14-10-19-16(20-11-14)18-9-13-6-4-12(2)5-7-13/h4-7,10-11H,3,8-9H2,1-2H3,(H,17,21)(H,18,19,20). The highest BCUT2D eigenvalue weighted by atomic mass is 16.1. The zero-order chi connectivity index (χ0) is 15.1. The Morgan fingerprint density at radius 3 is 2.43 bits per heavy atom. The van der Waals surface area contributed by atoms with E-state index in [1.165, 1.54) is 18.0 Å². The van der Waals surface area contributed by atoms with Crippen LogP contribution >= 0.6 is 0 Å². The van der Waals surface area contributed by atoms with Crippen LogP contribution in [-0.4, -0.2) is 22.4 Å². The molecule has 0 bridgehead atoms. The van der Waals surface area contributed by atoms with Crippen molar-refractivity contribution in [1.82, 2.24) is 15.3 Å². The molecule has 0 aliphatic rings. The second kappa shape index (κ2) is 7.38. The van der Waals surface area contributed by atoms with E-state index in [0.717, 1.165) is 12.0 Å². The number of aryl methyl sites for hydroxylation is 1. The van der Waals surface area contributed by atoms with Crippen molar-refractivity contribution in [3.63, 3.8) is 0 Å². The van der Waals surface area contributed by atoms with Gasteiger partial charge in [-0.05, 0) is 18.9 Å². The molecule has 2 N–H and O–H groups in total. The fraction of sp³-hybridized carbons (Fsp3) is 0.312. The highest BCUT2D eigenvalue weighted by molar-refractivity contribution is 5.93. The molecule has 0 unspecified atom stereocenters. The maximum atomic E-state index is 11.7. The Morgan fingerprint density at radius 1 is 1.14 bits per heavy atom. The predicted molar refractivity (Wildman–Crippen MR) is 83.2 cm³/mol. The number of anilines is 1. The van der Waals surface area contributed by atoms with E-state index in [1.54, 1.807) is 0 Å². The Morgan fingerprint density at radius 2 is 1.81 bits per heavy atom. The lowest BCUT2D eigenvalue weighted by molar-refractivity contribution is 0.0953. The molecular weight excluding hydrogens is 264 g/mol. The van der Waals surface area contributed by atoms with Crippen LogP contribution in [0.25, 0.3) is 0 Å². The quantitative estimate of drug-likeness (QED) is 0.855. The summed E-state index contributed by atoms with van der Waals surface area (Å²) in [6.07, 6.45) is 3.98. The van der Waals surface area contributed by atoms with Crippen molar-refractivity contribution in [2.24, 2.45) is 0 Å². The molecule has 1 aromatic heterocycles. The van der Waals surface area contributed by atoms with E-state index in [4.69, 9.17) is 0 Å². The Bertz CT molecular complexity index is 578. The van der Waals surface area contributed by atoms with Crippen LogP contribution in [0.4, 0.5) is 5.95 Å². The largest absolute Gasteiger partial charge is 0.352 e. The lowest BCUT2D eigenvalue weighted by Crippen LogP contribution is -2.24. The van der Waals surface area contributed by atoms with Gasteiger partial charge in [0.1, 0.15) is 0 Å². The summed E-state index contributed by atoms with van der Waals surface area (Å²) in [6.45, 7) is 5.38. The van der Waals surface area contributed by atoms with Gasteiger partial charge in [0.25, 0.3) is 5.91 Å².